The highest BCUT2D eigenvalue weighted by Gasteiger charge is 2.60. The molecule has 2 unspecified atom stereocenters. The van der Waals surface area contributed by atoms with Crippen LogP contribution in [-0.4, -0.2) is 29.4 Å². The second-order valence-corrected chi connectivity index (χ2v) is 10.2. The highest BCUT2D eigenvalue weighted by molar-refractivity contribution is 9.10. The number of amides is 1. The van der Waals surface area contributed by atoms with Crippen LogP contribution in [0, 0.1) is 23.2 Å². The zero-order valence-corrected chi connectivity index (χ0v) is 15.8. The van der Waals surface area contributed by atoms with E-state index in [4.69, 9.17) is 4.74 Å². The molecule has 0 aromatic rings. The number of carbonyl (C=O) groups is 2. The normalized spacial score (nSPS) is 37.9. The topological polar surface area (TPSA) is 55.4 Å². The van der Waals surface area contributed by atoms with E-state index in [0.29, 0.717) is 24.3 Å². The first-order chi connectivity index (χ1) is 10.8. The Hall–Kier alpha value is -0.580. The molecule has 0 spiro atoms. The van der Waals surface area contributed by atoms with Gasteiger partial charge in [-0.25, -0.2) is 0 Å². The monoisotopic (exact) mass is 385 g/mol. The van der Waals surface area contributed by atoms with Gasteiger partial charge in [0.2, 0.25) is 0 Å². The molecule has 0 radical (unpaired) electrons. The van der Waals surface area contributed by atoms with E-state index in [-0.39, 0.29) is 28.2 Å². The molecule has 4 saturated carbocycles. The van der Waals surface area contributed by atoms with Crippen molar-refractivity contribution in [1.82, 2.24) is 5.32 Å². The zero-order valence-electron chi connectivity index (χ0n) is 14.2. The van der Waals surface area contributed by atoms with Gasteiger partial charge in [0.25, 0.3) is 5.91 Å². The van der Waals surface area contributed by atoms with E-state index in [0.717, 1.165) is 25.7 Å². The fourth-order valence-electron chi connectivity index (χ4n) is 5.23. The van der Waals surface area contributed by atoms with Crippen LogP contribution >= 0.6 is 15.9 Å². The molecule has 0 heterocycles. The number of ether oxygens (including phenoxy) is 1. The molecule has 1 N–H and O–H groups in total. The molecule has 4 aliphatic carbocycles. The second-order valence-electron chi connectivity index (χ2n) is 8.50. The number of alkyl halides is 1. The van der Waals surface area contributed by atoms with Crippen LogP contribution in [0.4, 0.5) is 0 Å². The molecule has 4 aliphatic rings. The van der Waals surface area contributed by atoms with Crippen molar-refractivity contribution in [2.75, 3.05) is 13.2 Å². The maximum atomic E-state index is 12.7. The third-order valence-electron chi connectivity index (χ3n) is 5.80. The van der Waals surface area contributed by atoms with Crippen molar-refractivity contribution in [3.8, 4) is 0 Å². The van der Waals surface area contributed by atoms with Gasteiger partial charge in [-0.15, -0.1) is 0 Å². The summed E-state index contributed by atoms with van der Waals surface area (Å²) in [7, 11) is 0. The minimum absolute atomic E-state index is 0.135. The number of rotatable bonds is 6. The van der Waals surface area contributed by atoms with Crippen molar-refractivity contribution in [1.29, 1.82) is 0 Å². The van der Waals surface area contributed by atoms with E-state index in [2.05, 4.69) is 35.1 Å². The van der Waals surface area contributed by atoms with Gasteiger partial charge in [0.1, 0.15) is 0 Å². The van der Waals surface area contributed by atoms with Crippen LogP contribution in [0.3, 0.4) is 0 Å². The van der Waals surface area contributed by atoms with Crippen molar-refractivity contribution in [2.24, 2.45) is 23.2 Å². The number of carbonyl (C=O) groups excluding carboxylic acids is 2. The minimum Gasteiger partial charge on any atom is -0.455 e. The molecular weight excluding hydrogens is 358 g/mol. The lowest BCUT2D eigenvalue weighted by Gasteiger charge is -2.58. The van der Waals surface area contributed by atoms with Crippen molar-refractivity contribution >= 4 is 27.8 Å². The molecule has 4 fully saturated rings. The van der Waals surface area contributed by atoms with E-state index in [1.54, 1.807) is 0 Å². The van der Waals surface area contributed by atoms with Crippen molar-refractivity contribution in [3.05, 3.63) is 0 Å². The molecule has 0 aromatic carbocycles. The zero-order chi connectivity index (χ0) is 16.7. The van der Waals surface area contributed by atoms with E-state index >= 15 is 0 Å². The SMILES string of the molecule is CC(C)CCNC(=O)COC(=O)C12CC3CC(CC(Br)(C3)C1)C2. The Kier molecular flexibility index (Phi) is 4.78. The lowest BCUT2D eigenvalue weighted by molar-refractivity contribution is -0.171. The maximum Gasteiger partial charge on any atom is 0.312 e. The van der Waals surface area contributed by atoms with Gasteiger partial charge in [-0.3, -0.25) is 9.59 Å². The Morgan fingerprint density at radius 3 is 2.43 bits per heavy atom. The molecule has 4 nitrogen and oxygen atoms in total. The molecule has 0 saturated heterocycles. The first-order valence-electron chi connectivity index (χ1n) is 8.93. The summed E-state index contributed by atoms with van der Waals surface area (Å²) >= 11 is 3.90. The number of nitrogens with one attached hydrogen (secondary N) is 1. The van der Waals surface area contributed by atoms with E-state index in [1.165, 1.54) is 19.3 Å². The molecule has 4 rings (SSSR count). The van der Waals surface area contributed by atoms with E-state index < -0.39 is 0 Å². The van der Waals surface area contributed by atoms with Crippen molar-refractivity contribution < 1.29 is 14.3 Å². The van der Waals surface area contributed by atoms with Crippen molar-refractivity contribution in [2.45, 2.75) is 63.1 Å². The summed E-state index contributed by atoms with van der Waals surface area (Å²) in [6.45, 7) is 4.75. The molecule has 0 aliphatic heterocycles. The number of hydrogen-bond acceptors (Lipinski definition) is 3. The molecule has 5 heteroatoms. The number of hydrogen-bond donors (Lipinski definition) is 1. The van der Waals surface area contributed by atoms with Gasteiger partial charge in [0.05, 0.1) is 5.41 Å². The third kappa shape index (κ3) is 3.75. The standard InChI is InChI=1S/C18H28BrNO3/c1-12(2)3-4-20-15(21)10-23-16(22)17-6-13-5-14(7-17)9-18(19,8-13)11-17/h12-14H,3-11H2,1-2H3,(H,20,21). The summed E-state index contributed by atoms with van der Waals surface area (Å²) in [5.41, 5.74) is -0.341. The van der Waals surface area contributed by atoms with Crippen LogP contribution in [0.1, 0.15) is 58.8 Å². The summed E-state index contributed by atoms with van der Waals surface area (Å²) < 4.78 is 5.55. The summed E-state index contributed by atoms with van der Waals surface area (Å²) in [5.74, 6) is 1.51. The van der Waals surface area contributed by atoms with E-state index in [1.807, 2.05) is 0 Å². The Labute approximate surface area is 147 Å². The summed E-state index contributed by atoms with van der Waals surface area (Å²) in [5, 5.41) is 2.83. The Bertz CT molecular complexity index is 477. The van der Waals surface area contributed by atoms with E-state index in [9.17, 15) is 9.59 Å². The predicted octanol–water partition coefficient (Wildman–Crippen LogP) is 3.43. The van der Waals surface area contributed by atoms with Gasteiger partial charge < -0.3 is 10.1 Å². The highest BCUT2D eigenvalue weighted by atomic mass is 79.9. The van der Waals surface area contributed by atoms with Crippen LogP contribution in [0.2, 0.25) is 0 Å². The highest BCUT2D eigenvalue weighted by Crippen LogP contribution is 2.64. The van der Waals surface area contributed by atoms with Gasteiger partial charge in [0.15, 0.2) is 6.61 Å². The number of esters is 1. The Morgan fingerprint density at radius 2 is 1.87 bits per heavy atom. The maximum absolute atomic E-state index is 12.7. The van der Waals surface area contributed by atoms with Gasteiger partial charge in [-0.2, -0.15) is 0 Å². The van der Waals surface area contributed by atoms with Gasteiger partial charge in [0, 0.05) is 10.9 Å². The van der Waals surface area contributed by atoms with Crippen LogP contribution in [0.15, 0.2) is 0 Å². The largest absolute Gasteiger partial charge is 0.455 e. The van der Waals surface area contributed by atoms with Crippen LogP contribution < -0.4 is 5.32 Å². The van der Waals surface area contributed by atoms with Gasteiger partial charge in [-0.1, -0.05) is 29.8 Å². The lowest BCUT2D eigenvalue weighted by Crippen LogP contribution is -2.56. The van der Waals surface area contributed by atoms with Crippen molar-refractivity contribution in [3.63, 3.8) is 0 Å². The quantitative estimate of drug-likeness (QED) is 0.562. The Morgan fingerprint density at radius 1 is 1.22 bits per heavy atom. The fourth-order valence-corrected chi connectivity index (χ4v) is 6.68. The van der Waals surface area contributed by atoms with Crippen LogP contribution in [0.25, 0.3) is 0 Å². The molecule has 23 heavy (non-hydrogen) atoms. The van der Waals surface area contributed by atoms with Crippen LogP contribution in [-0.2, 0) is 14.3 Å². The molecule has 2 atom stereocenters. The molecule has 0 aromatic heterocycles. The second kappa shape index (κ2) is 6.38. The molecule has 4 bridgehead atoms. The fraction of sp³-hybridized carbons (Fsp3) is 0.889. The first-order valence-corrected chi connectivity index (χ1v) is 9.72. The smallest absolute Gasteiger partial charge is 0.312 e. The average molecular weight is 386 g/mol. The first kappa shape index (κ1) is 17.2. The Balaban J connectivity index is 1.51. The molecular formula is C18H28BrNO3. The predicted molar refractivity (Wildman–Crippen MR) is 92.2 cm³/mol. The third-order valence-corrected chi connectivity index (χ3v) is 6.73. The van der Waals surface area contributed by atoms with Gasteiger partial charge >= 0.3 is 5.97 Å². The van der Waals surface area contributed by atoms with Crippen LogP contribution in [0.5, 0.6) is 0 Å². The average Bonchev–Trinajstić information content (AvgIpc) is 2.41. The molecule has 1 amide bonds. The summed E-state index contributed by atoms with van der Waals surface area (Å²) in [6.07, 6.45) is 7.36. The summed E-state index contributed by atoms with van der Waals surface area (Å²) in [4.78, 5) is 24.5. The van der Waals surface area contributed by atoms with Gasteiger partial charge in [-0.05, 0) is 62.7 Å². The lowest BCUT2D eigenvalue weighted by atomic mass is 9.49. The molecule has 130 valence electrons. The summed E-state index contributed by atoms with van der Waals surface area (Å²) in [6, 6.07) is 0. The number of halogens is 1. The minimum atomic E-state index is -0.341.